The first-order valence-corrected chi connectivity index (χ1v) is 13.7. The van der Waals surface area contributed by atoms with E-state index in [9.17, 15) is 29.7 Å². The van der Waals surface area contributed by atoms with Gasteiger partial charge in [0.25, 0.3) is 5.91 Å². The molecular formula is C29H39N3O8. The van der Waals surface area contributed by atoms with Crippen LogP contribution in [0.15, 0.2) is 42.5 Å². The number of carbonyl (C=O) groups is 3. The van der Waals surface area contributed by atoms with Gasteiger partial charge in [0.2, 0.25) is 0 Å². The number of phenols is 1. The van der Waals surface area contributed by atoms with Crippen LogP contribution in [-0.2, 0) is 32.2 Å². The molecule has 2 aromatic carbocycles. The van der Waals surface area contributed by atoms with Gasteiger partial charge in [-0.25, -0.2) is 4.79 Å². The van der Waals surface area contributed by atoms with Gasteiger partial charge in [-0.05, 0) is 74.0 Å². The zero-order valence-electron chi connectivity index (χ0n) is 22.7. The van der Waals surface area contributed by atoms with E-state index in [0.717, 1.165) is 63.7 Å². The second-order valence-corrected chi connectivity index (χ2v) is 9.68. The molecule has 0 unspecified atom stereocenters. The Balaban J connectivity index is 1.19. The minimum absolute atomic E-state index is 0.0246. The van der Waals surface area contributed by atoms with Gasteiger partial charge in [-0.15, -0.1) is 0 Å². The SMILES string of the molecule is O=CON1C(=O)CN(c2cccc(CCCCOCCCCCCNC[C@H](O)c3ccc(O)c(CO)c3)c2)C1=O. The molecule has 218 valence electrons. The molecule has 11 nitrogen and oxygen atoms in total. The molecule has 3 amide bonds. The second kappa shape index (κ2) is 16.6. The Hall–Kier alpha value is -3.51. The molecule has 2 aromatic rings. The zero-order valence-corrected chi connectivity index (χ0v) is 22.7. The first kappa shape index (κ1) is 31.0. The molecule has 11 heteroatoms. The van der Waals surface area contributed by atoms with Crippen LogP contribution in [0.5, 0.6) is 5.75 Å². The molecule has 0 bridgehead atoms. The molecule has 3 rings (SSSR count). The number of hydroxylamine groups is 2. The number of amides is 3. The van der Waals surface area contributed by atoms with Crippen molar-refractivity contribution in [3.05, 3.63) is 59.2 Å². The van der Waals surface area contributed by atoms with E-state index in [4.69, 9.17) is 4.74 Å². The lowest BCUT2D eigenvalue weighted by Crippen LogP contribution is -2.32. The van der Waals surface area contributed by atoms with Crippen LogP contribution in [0.4, 0.5) is 10.5 Å². The minimum Gasteiger partial charge on any atom is -0.508 e. The molecule has 1 saturated heterocycles. The Labute approximate surface area is 234 Å². The molecule has 1 atom stereocenters. The fourth-order valence-electron chi connectivity index (χ4n) is 4.45. The third kappa shape index (κ3) is 9.30. The zero-order chi connectivity index (χ0) is 28.7. The summed E-state index contributed by atoms with van der Waals surface area (Å²) in [5.41, 5.74) is 2.70. The predicted octanol–water partition coefficient (Wildman–Crippen LogP) is 2.96. The maximum absolute atomic E-state index is 12.3. The van der Waals surface area contributed by atoms with E-state index in [2.05, 4.69) is 10.2 Å². The summed E-state index contributed by atoms with van der Waals surface area (Å²) < 4.78 is 5.75. The van der Waals surface area contributed by atoms with Crippen molar-refractivity contribution >= 4 is 24.1 Å². The van der Waals surface area contributed by atoms with Crippen molar-refractivity contribution in [1.82, 2.24) is 10.4 Å². The van der Waals surface area contributed by atoms with Crippen LogP contribution < -0.4 is 10.2 Å². The number of ether oxygens (including phenoxy) is 1. The number of anilines is 1. The van der Waals surface area contributed by atoms with Crippen LogP contribution in [0.2, 0.25) is 0 Å². The molecule has 1 aliphatic rings. The number of carbonyl (C=O) groups excluding carboxylic acids is 3. The highest BCUT2D eigenvalue weighted by Gasteiger charge is 2.39. The number of imide groups is 1. The van der Waals surface area contributed by atoms with Crippen molar-refractivity contribution < 1.29 is 39.3 Å². The van der Waals surface area contributed by atoms with Crippen molar-refractivity contribution in [1.29, 1.82) is 0 Å². The number of urea groups is 1. The van der Waals surface area contributed by atoms with Gasteiger partial charge in [0.05, 0.1) is 12.7 Å². The molecule has 1 heterocycles. The highest BCUT2D eigenvalue weighted by molar-refractivity contribution is 6.11. The van der Waals surface area contributed by atoms with Crippen molar-refractivity contribution in [2.24, 2.45) is 0 Å². The fraction of sp³-hybridized carbons (Fsp3) is 0.483. The van der Waals surface area contributed by atoms with Gasteiger partial charge < -0.3 is 30.2 Å². The number of aromatic hydroxyl groups is 1. The number of aliphatic hydroxyl groups is 2. The number of aliphatic hydroxyl groups excluding tert-OH is 2. The first-order valence-electron chi connectivity index (χ1n) is 13.7. The molecule has 0 aromatic heterocycles. The highest BCUT2D eigenvalue weighted by Crippen LogP contribution is 2.24. The Morgan fingerprint density at radius 3 is 2.55 bits per heavy atom. The Morgan fingerprint density at radius 2 is 1.77 bits per heavy atom. The van der Waals surface area contributed by atoms with E-state index >= 15 is 0 Å². The van der Waals surface area contributed by atoms with Gasteiger partial charge >= 0.3 is 12.5 Å². The van der Waals surface area contributed by atoms with E-state index in [1.54, 1.807) is 18.2 Å². The lowest BCUT2D eigenvalue weighted by Gasteiger charge is -2.16. The number of hydrogen-bond acceptors (Lipinski definition) is 9. The number of benzene rings is 2. The molecule has 0 radical (unpaired) electrons. The van der Waals surface area contributed by atoms with Crippen LogP contribution in [-0.4, -0.2) is 71.6 Å². The van der Waals surface area contributed by atoms with Crippen LogP contribution in [0, 0.1) is 0 Å². The minimum atomic E-state index is -0.696. The average Bonchev–Trinajstić information content (AvgIpc) is 3.24. The number of rotatable bonds is 19. The maximum Gasteiger partial charge on any atom is 0.365 e. The number of nitrogens with one attached hydrogen (secondary N) is 1. The predicted molar refractivity (Wildman–Crippen MR) is 147 cm³/mol. The summed E-state index contributed by atoms with van der Waals surface area (Å²) in [6.07, 6.45) is 6.11. The summed E-state index contributed by atoms with van der Waals surface area (Å²) in [6.45, 7) is 2.24. The van der Waals surface area contributed by atoms with E-state index in [1.165, 1.54) is 11.0 Å². The van der Waals surface area contributed by atoms with Gasteiger partial charge in [0.1, 0.15) is 12.3 Å². The Bertz CT molecular complexity index is 1110. The second-order valence-electron chi connectivity index (χ2n) is 9.68. The third-order valence-corrected chi connectivity index (χ3v) is 6.69. The summed E-state index contributed by atoms with van der Waals surface area (Å²) in [6, 6.07) is 11.5. The molecule has 1 aliphatic heterocycles. The number of aryl methyl sites for hydroxylation is 1. The molecule has 0 aliphatic carbocycles. The Morgan fingerprint density at radius 1 is 1.00 bits per heavy atom. The van der Waals surface area contributed by atoms with Crippen LogP contribution in [0.1, 0.15) is 61.3 Å². The standard InChI is InChI=1S/C29H39N3O8/c33-20-24-17-23(11-12-26(24)35)27(36)18-30-13-4-1-2-5-14-39-15-6-3-8-22-9-7-10-25(16-22)31-19-28(37)32(29(31)38)40-21-34/h7,9-12,16-17,21,27,30,33,35-36H,1-6,8,13-15,18-20H2/t27-/m0/s1. The lowest BCUT2D eigenvalue weighted by molar-refractivity contribution is -0.170. The molecule has 1 fully saturated rings. The van der Waals surface area contributed by atoms with Crippen LogP contribution in [0.3, 0.4) is 0 Å². The van der Waals surface area contributed by atoms with Crippen LogP contribution >= 0.6 is 0 Å². The largest absolute Gasteiger partial charge is 0.508 e. The van der Waals surface area contributed by atoms with Crippen molar-refractivity contribution in [3.63, 3.8) is 0 Å². The van der Waals surface area contributed by atoms with Crippen molar-refractivity contribution in [2.45, 2.75) is 57.7 Å². The highest BCUT2D eigenvalue weighted by atomic mass is 16.7. The normalized spacial score (nSPS) is 14.2. The van der Waals surface area contributed by atoms with Gasteiger partial charge in [-0.2, -0.15) is 0 Å². The van der Waals surface area contributed by atoms with Crippen molar-refractivity contribution in [2.75, 3.05) is 37.7 Å². The molecule has 0 saturated carbocycles. The lowest BCUT2D eigenvalue weighted by atomic mass is 10.1. The Kier molecular flexibility index (Phi) is 12.8. The third-order valence-electron chi connectivity index (χ3n) is 6.69. The van der Waals surface area contributed by atoms with Crippen LogP contribution in [0.25, 0.3) is 0 Å². The van der Waals surface area contributed by atoms with E-state index < -0.39 is 18.0 Å². The van der Waals surface area contributed by atoms with Gasteiger partial charge in [0.15, 0.2) is 0 Å². The monoisotopic (exact) mass is 557 g/mol. The fourth-order valence-corrected chi connectivity index (χ4v) is 4.45. The van der Waals surface area contributed by atoms with Crippen molar-refractivity contribution in [3.8, 4) is 5.75 Å². The van der Waals surface area contributed by atoms with E-state index in [-0.39, 0.29) is 25.4 Å². The summed E-state index contributed by atoms with van der Waals surface area (Å²) >= 11 is 0. The van der Waals surface area contributed by atoms with Gasteiger partial charge in [-0.1, -0.05) is 36.1 Å². The topological polar surface area (TPSA) is 149 Å². The first-order chi connectivity index (χ1) is 19.4. The summed E-state index contributed by atoms with van der Waals surface area (Å²) in [5.74, 6) is -0.562. The van der Waals surface area contributed by atoms with E-state index in [1.807, 2.05) is 18.2 Å². The molecule has 40 heavy (non-hydrogen) atoms. The number of unbranched alkanes of at least 4 members (excludes halogenated alkanes) is 4. The number of nitrogens with zero attached hydrogens (tertiary/aromatic N) is 2. The average molecular weight is 558 g/mol. The number of hydrogen-bond donors (Lipinski definition) is 4. The maximum atomic E-state index is 12.3. The summed E-state index contributed by atoms with van der Waals surface area (Å²) in [5, 5.41) is 32.8. The quantitative estimate of drug-likeness (QED) is 0.116. The summed E-state index contributed by atoms with van der Waals surface area (Å²) in [4.78, 5) is 40.4. The smallest absolute Gasteiger partial charge is 0.365 e. The molecule has 0 spiro atoms. The van der Waals surface area contributed by atoms with Gasteiger partial charge in [-0.3, -0.25) is 14.5 Å². The van der Waals surface area contributed by atoms with Gasteiger partial charge in [0, 0.05) is 31.0 Å². The molecular weight excluding hydrogens is 518 g/mol. The van der Waals surface area contributed by atoms with E-state index in [0.29, 0.717) is 35.0 Å². The molecule has 4 N–H and O–H groups in total. The summed E-state index contributed by atoms with van der Waals surface area (Å²) in [7, 11) is 0.